The minimum Gasteiger partial charge on any atom is -0.330 e. The molecule has 26 heavy (non-hydrogen) atoms. The molecule has 1 rings (SSSR count). The summed E-state index contributed by atoms with van der Waals surface area (Å²) < 4.78 is 0. The molecule has 0 bridgehead atoms. The molecule has 0 heterocycles. The zero-order valence-corrected chi connectivity index (χ0v) is 16.9. The highest BCUT2D eigenvalue weighted by atomic mass is 14.7. The number of allylic oxidation sites excluding steroid dienone is 4. The summed E-state index contributed by atoms with van der Waals surface area (Å²) >= 11 is 0. The lowest BCUT2D eigenvalue weighted by molar-refractivity contribution is 0.811. The van der Waals surface area contributed by atoms with Gasteiger partial charge in [0.05, 0.1) is 5.69 Å². The molecule has 0 spiro atoms. The molecule has 0 atom stereocenters. The number of hydrogen-bond acceptors (Lipinski definition) is 2. The van der Waals surface area contributed by atoms with Crippen LogP contribution in [0.15, 0.2) is 53.6 Å². The summed E-state index contributed by atoms with van der Waals surface area (Å²) in [5.41, 5.74) is 11.5. The van der Waals surface area contributed by atoms with Crippen molar-refractivity contribution in [1.29, 1.82) is 0 Å². The highest BCUT2D eigenvalue weighted by Gasteiger charge is 2.03. The van der Waals surface area contributed by atoms with Gasteiger partial charge in [0, 0.05) is 5.71 Å². The van der Waals surface area contributed by atoms with E-state index in [1.807, 2.05) is 13.0 Å². The third-order valence-electron chi connectivity index (χ3n) is 4.23. The molecule has 2 heteroatoms. The summed E-state index contributed by atoms with van der Waals surface area (Å²) in [6.45, 7) is 11.0. The third-order valence-corrected chi connectivity index (χ3v) is 4.23. The first-order chi connectivity index (χ1) is 12.6. The summed E-state index contributed by atoms with van der Waals surface area (Å²) in [6, 6.07) is 6.43. The van der Waals surface area contributed by atoms with Crippen LogP contribution in [0.4, 0.5) is 5.69 Å². The van der Waals surface area contributed by atoms with Crippen LogP contribution in [-0.2, 0) is 0 Å². The van der Waals surface area contributed by atoms with E-state index in [0.29, 0.717) is 6.54 Å². The summed E-state index contributed by atoms with van der Waals surface area (Å²) in [6.07, 6.45) is 16.5. The van der Waals surface area contributed by atoms with Crippen molar-refractivity contribution in [3.05, 3.63) is 59.7 Å². The fourth-order valence-electron chi connectivity index (χ4n) is 2.61. The van der Waals surface area contributed by atoms with Gasteiger partial charge in [-0.25, -0.2) is 0 Å². The quantitative estimate of drug-likeness (QED) is 0.188. The van der Waals surface area contributed by atoms with Crippen molar-refractivity contribution in [1.82, 2.24) is 0 Å². The van der Waals surface area contributed by atoms with Gasteiger partial charge in [-0.2, -0.15) is 0 Å². The predicted octanol–water partition coefficient (Wildman–Crippen LogP) is 6.92. The Bertz CT molecular complexity index is 636. The van der Waals surface area contributed by atoms with E-state index in [4.69, 9.17) is 10.7 Å². The number of hydrogen-bond donors (Lipinski definition) is 1. The molecule has 2 N–H and O–H groups in total. The smallest absolute Gasteiger partial charge is 0.0664 e. The number of aliphatic imine (C=N–C) groups is 1. The van der Waals surface area contributed by atoms with Crippen LogP contribution < -0.4 is 5.73 Å². The van der Waals surface area contributed by atoms with Crippen LogP contribution in [0.5, 0.6) is 0 Å². The Kier molecular flexibility index (Phi) is 11.3. The topological polar surface area (TPSA) is 38.4 Å². The standard InChI is InChI=1S/C24H36N2/c1-5-6-7-8-9-10-12-23(13-11-18-25)26-24-19-22(16-14-20(2)3)17-15-21(24)4/h8-9,14-17,19H,2,5-7,10-13,18,25H2,1,3-4H3/b9-8-,16-14+,26-23?. The van der Waals surface area contributed by atoms with Crippen molar-refractivity contribution >= 4 is 17.5 Å². The molecule has 1 aromatic rings. The summed E-state index contributed by atoms with van der Waals surface area (Å²) in [4.78, 5) is 4.99. The SMILES string of the molecule is C=C(C)/C=C/c1ccc(C)c(N=C(CC/C=C\CCCC)CCCN)c1. The maximum atomic E-state index is 5.72. The lowest BCUT2D eigenvalue weighted by Gasteiger charge is -2.08. The fourth-order valence-corrected chi connectivity index (χ4v) is 2.61. The molecule has 2 nitrogen and oxygen atoms in total. The summed E-state index contributed by atoms with van der Waals surface area (Å²) in [5, 5.41) is 0. The average molecular weight is 353 g/mol. The van der Waals surface area contributed by atoms with Crippen molar-refractivity contribution < 1.29 is 0 Å². The van der Waals surface area contributed by atoms with E-state index in [9.17, 15) is 0 Å². The van der Waals surface area contributed by atoms with E-state index in [0.717, 1.165) is 42.5 Å². The van der Waals surface area contributed by atoms with Gasteiger partial charge in [0.25, 0.3) is 0 Å². The molecule has 0 amide bonds. The molecule has 0 aliphatic heterocycles. The Labute approximate surface area is 160 Å². The molecule has 0 aliphatic rings. The molecule has 0 saturated carbocycles. The molecular weight excluding hydrogens is 316 g/mol. The normalized spacial score (nSPS) is 12.4. The molecule has 0 saturated heterocycles. The van der Waals surface area contributed by atoms with Crippen LogP contribution >= 0.6 is 0 Å². The van der Waals surface area contributed by atoms with E-state index in [-0.39, 0.29) is 0 Å². The molecule has 0 unspecified atom stereocenters. The van der Waals surface area contributed by atoms with E-state index in [1.54, 1.807) is 0 Å². The van der Waals surface area contributed by atoms with E-state index < -0.39 is 0 Å². The Hall–Kier alpha value is -1.93. The molecule has 0 aliphatic carbocycles. The second-order valence-electron chi connectivity index (χ2n) is 6.95. The van der Waals surface area contributed by atoms with Crippen LogP contribution in [0.3, 0.4) is 0 Å². The van der Waals surface area contributed by atoms with Gasteiger partial charge < -0.3 is 5.73 Å². The Morgan fingerprint density at radius 3 is 2.62 bits per heavy atom. The predicted molar refractivity (Wildman–Crippen MR) is 118 cm³/mol. The van der Waals surface area contributed by atoms with Gasteiger partial charge in [0.1, 0.15) is 0 Å². The average Bonchev–Trinajstić information content (AvgIpc) is 2.62. The maximum Gasteiger partial charge on any atom is 0.0664 e. The molecule has 0 aromatic heterocycles. The first kappa shape index (κ1) is 22.1. The number of aryl methyl sites for hydroxylation is 1. The molecule has 0 fully saturated rings. The first-order valence-corrected chi connectivity index (χ1v) is 9.92. The zero-order valence-electron chi connectivity index (χ0n) is 16.9. The zero-order chi connectivity index (χ0) is 19.2. The first-order valence-electron chi connectivity index (χ1n) is 9.92. The number of benzene rings is 1. The lowest BCUT2D eigenvalue weighted by Crippen LogP contribution is -2.04. The van der Waals surface area contributed by atoms with Crippen LogP contribution in [0, 0.1) is 6.92 Å². The monoisotopic (exact) mass is 352 g/mol. The van der Waals surface area contributed by atoms with Gasteiger partial charge in [0.15, 0.2) is 0 Å². The largest absolute Gasteiger partial charge is 0.330 e. The van der Waals surface area contributed by atoms with E-state index >= 15 is 0 Å². The second kappa shape index (κ2) is 13.3. The highest BCUT2D eigenvalue weighted by molar-refractivity contribution is 5.87. The van der Waals surface area contributed by atoms with Gasteiger partial charge in [-0.1, -0.05) is 68.4 Å². The van der Waals surface area contributed by atoms with Crippen LogP contribution in [0.25, 0.3) is 6.08 Å². The minimum atomic E-state index is 0.714. The van der Waals surface area contributed by atoms with E-state index in [2.05, 4.69) is 56.9 Å². The van der Waals surface area contributed by atoms with Crippen molar-refractivity contribution in [2.45, 2.75) is 65.7 Å². The minimum absolute atomic E-state index is 0.714. The Balaban J connectivity index is 2.87. The van der Waals surface area contributed by atoms with Crippen molar-refractivity contribution in [2.24, 2.45) is 10.7 Å². The van der Waals surface area contributed by atoms with Crippen molar-refractivity contribution in [3.8, 4) is 0 Å². The van der Waals surface area contributed by atoms with E-state index in [1.165, 1.54) is 30.5 Å². The number of unbranched alkanes of at least 4 members (excludes halogenated alkanes) is 2. The Morgan fingerprint density at radius 2 is 1.92 bits per heavy atom. The number of rotatable bonds is 12. The second-order valence-corrected chi connectivity index (χ2v) is 6.95. The lowest BCUT2D eigenvalue weighted by atomic mass is 10.1. The van der Waals surface area contributed by atoms with Crippen molar-refractivity contribution in [3.63, 3.8) is 0 Å². The molecule has 1 aromatic carbocycles. The molecular formula is C24H36N2. The van der Waals surface area contributed by atoms with Gasteiger partial charge in [-0.05, 0) is 69.7 Å². The van der Waals surface area contributed by atoms with Crippen LogP contribution in [0.2, 0.25) is 0 Å². The van der Waals surface area contributed by atoms with Gasteiger partial charge in [-0.3, -0.25) is 4.99 Å². The highest BCUT2D eigenvalue weighted by Crippen LogP contribution is 2.23. The van der Waals surface area contributed by atoms with Crippen LogP contribution in [0.1, 0.15) is 69.9 Å². The fraction of sp³-hybridized carbons (Fsp3) is 0.458. The van der Waals surface area contributed by atoms with Gasteiger partial charge in [-0.15, -0.1) is 0 Å². The van der Waals surface area contributed by atoms with Gasteiger partial charge in [0.2, 0.25) is 0 Å². The van der Waals surface area contributed by atoms with Gasteiger partial charge >= 0.3 is 0 Å². The maximum absolute atomic E-state index is 5.72. The summed E-state index contributed by atoms with van der Waals surface area (Å²) in [5.74, 6) is 0. The number of nitrogens with two attached hydrogens (primary N) is 1. The third kappa shape index (κ3) is 9.53. The molecule has 142 valence electrons. The van der Waals surface area contributed by atoms with Crippen molar-refractivity contribution in [2.75, 3.05) is 6.54 Å². The summed E-state index contributed by atoms with van der Waals surface area (Å²) in [7, 11) is 0. The van der Waals surface area contributed by atoms with Crippen LogP contribution in [-0.4, -0.2) is 12.3 Å². The number of nitrogens with zero attached hydrogens (tertiary/aromatic N) is 1. The molecule has 0 radical (unpaired) electrons. The Morgan fingerprint density at radius 1 is 1.15 bits per heavy atom.